The highest BCUT2D eigenvalue weighted by molar-refractivity contribution is 5.20. The van der Waals surface area contributed by atoms with Crippen molar-refractivity contribution in [2.75, 3.05) is 6.54 Å². The lowest BCUT2D eigenvalue weighted by atomic mass is 10.1. The Morgan fingerprint density at radius 2 is 1.87 bits per heavy atom. The molecule has 0 fully saturated rings. The van der Waals surface area contributed by atoms with E-state index in [1.165, 1.54) is 24.3 Å². The molecule has 0 saturated heterocycles. The first kappa shape index (κ1) is 10.8. The van der Waals surface area contributed by atoms with Crippen LogP contribution in [0.5, 0.6) is 0 Å². The summed E-state index contributed by atoms with van der Waals surface area (Å²) in [7, 11) is 0. The van der Waals surface area contributed by atoms with Crippen LogP contribution in [0.15, 0.2) is 34.5 Å². The quantitative estimate of drug-likeness (QED) is 0.409. The van der Waals surface area contributed by atoms with E-state index in [2.05, 4.69) is 20.1 Å². The molecule has 6 nitrogen and oxygen atoms in total. The van der Waals surface area contributed by atoms with Crippen molar-refractivity contribution in [2.24, 2.45) is 10.2 Å². The molecular formula is C8H7FN6. The average Bonchev–Trinajstić information content (AvgIpc) is 2.25. The van der Waals surface area contributed by atoms with Gasteiger partial charge < -0.3 is 0 Å². The first-order valence-electron chi connectivity index (χ1n) is 4.08. The highest BCUT2D eigenvalue weighted by atomic mass is 19.1. The molecule has 0 aliphatic carbocycles. The van der Waals surface area contributed by atoms with E-state index in [1.54, 1.807) is 0 Å². The molecule has 0 aromatic heterocycles. The molecule has 0 saturated carbocycles. The molecule has 1 unspecified atom stereocenters. The molecular weight excluding hydrogens is 199 g/mol. The molecule has 7 heteroatoms. The molecule has 0 bridgehead atoms. The van der Waals surface area contributed by atoms with Crippen LogP contribution in [0.2, 0.25) is 0 Å². The third kappa shape index (κ3) is 3.19. The molecule has 1 aromatic rings. The minimum absolute atomic E-state index is 0.0200. The SMILES string of the molecule is [N-]=[N+]=NCC(N=[N+]=[N-])c1ccc(F)cc1. The smallest absolute Gasteiger partial charge is 0.123 e. The van der Waals surface area contributed by atoms with Crippen LogP contribution in [0, 0.1) is 5.82 Å². The van der Waals surface area contributed by atoms with Gasteiger partial charge in [-0.15, -0.1) is 0 Å². The number of azide groups is 2. The summed E-state index contributed by atoms with van der Waals surface area (Å²) in [6.07, 6.45) is 0. The van der Waals surface area contributed by atoms with Crippen molar-refractivity contribution in [3.8, 4) is 0 Å². The van der Waals surface area contributed by atoms with E-state index in [4.69, 9.17) is 11.1 Å². The van der Waals surface area contributed by atoms with Gasteiger partial charge in [0.25, 0.3) is 0 Å². The Kier molecular flexibility index (Phi) is 3.97. The van der Waals surface area contributed by atoms with Crippen molar-refractivity contribution < 1.29 is 4.39 Å². The zero-order chi connectivity index (χ0) is 11.1. The molecule has 0 aliphatic rings. The first-order chi connectivity index (χ1) is 7.27. The predicted octanol–water partition coefficient (Wildman–Crippen LogP) is 3.49. The van der Waals surface area contributed by atoms with Crippen molar-refractivity contribution in [2.45, 2.75) is 6.04 Å². The Morgan fingerprint density at radius 1 is 1.20 bits per heavy atom. The van der Waals surface area contributed by atoms with Gasteiger partial charge in [-0.05, 0) is 28.8 Å². The van der Waals surface area contributed by atoms with Crippen molar-refractivity contribution >= 4 is 0 Å². The van der Waals surface area contributed by atoms with Gasteiger partial charge in [0.1, 0.15) is 5.82 Å². The van der Waals surface area contributed by atoms with E-state index in [0.29, 0.717) is 5.56 Å². The van der Waals surface area contributed by atoms with Gasteiger partial charge in [-0.2, -0.15) is 0 Å². The van der Waals surface area contributed by atoms with Gasteiger partial charge in [-0.25, -0.2) is 4.39 Å². The Hall–Kier alpha value is -2.23. The Labute approximate surface area is 84.6 Å². The molecule has 0 N–H and O–H groups in total. The van der Waals surface area contributed by atoms with Crippen LogP contribution in [0.4, 0.5) is 4.39 Å². The van der Waals surface area contributed by atoms with Crippen LogP contribution in [-0.2, 0) is 0 Å². The van der Waals surface area contributed by atoms with Gasteiger partial charge in [-0.1, -0.05) is 22.4 Å². The van der Waals surface area contributed by atoms with Crippen molar-refractivity contribution in [1.82, 2.24) is 0 Å². The van der Waals surface area contributed by atoms with Crippen molar-refractivity contribution in [3.05, 3.63) is 56.5 Å². The van der Waals surface area contributed by atoms with Crippen LogP contribution >= 0.6 is 0 Å². The number of halogens is 1. The summed E-state index contributed by atoms with van der Waals surface area (Å²) in [6.45, 7) is 0.0200. The number of rotatable bonds is 4. The van der Waals surface area contributed by atoms with E-state index in [-0.39, 0.29) is 12.4 Å². The first-order valence-corrected chi connectivity index (χ1v) is 4.08. The monoisotopic (exact) mass is 206 g/mol. The zero-order valence-electron chi connectivity index (χ0n) is 7.66. The highest BCUT2D eigenvalue weighted by Gasteiger charge is 2.07. The number of hydrogen-bond acceptors (Lipinski definition) is 2. The minimum atomic E-state index is -0.591. The normalized spacial score (nSPS) is 11.0. The van der Waals surface area contributed by atoms with Gasteiger partial charge in [0.05, 0.1) is 6.04 Å². The van der Waals surface area contributed by atoms with Crippen molar-refractivity contribution in [1.29, 1.82) is 0 Å². The van der Waals surface area contributed by atoms with E-state index >= 15 is 0 Å². The summed E-state index contributed by atoms with van der Waals surface area (Å²) in [5.74, 6) is -0.373. The number of hydrogen-bond donors (Lipinski definition) is 0. The maximum absolute atomic E-state index is 12.6. The van der Waals surface area contributed by atoms with Gasteiger partial charge in [-0.3, -0.25) is 0 Å². The largest absolute Gasteiger partial charge is 0.207 e. The van der Waals surface area contributed by atoms with E-state index in [9.17, 15) is 4.39 Å². The third-order valence-corrected chi connectivity index (χ3v) is 1.76. The Morgan fingerprint density at radius 3 is 2.40 bits per heavy atom. The molecule has 76 valence electrons. The minimum Gasteiger partial charge on any atom is -0.207 e. The van der Waals surface area contributed by atoms with Gasteiger partial charge in [0, 0.05) is 16.4 Å². The Balaban J connectivity index is 2.92. The lowest BCUT2D eigenvalue weighted by Crippen LogP contribution is -1.98. The lowest BCUT2D eigenvalue weighted by molar-refractivity contribution is 0.624. The summed E-state index contributed by atoms with van der Waals surface area (Å²) >= 11 is 0. The fourth-order valence-electron chi connectivity index (χ4n) is 1.07. The second-order valence-corrected chi connectivity index (χ2v) is 2.69. The maximum atomic E-state index is 12.6. The van der Waals surface area contributed by atoms with E-state index < -0.39 is 6.04 Å². The number of benzene rings is 1. The topological polar surface area (TPSA) is 97.5 Å². The molecule has 0 heterocycles. The summed E-state index contributed by atoms with van der Waals surface area (Å²) in [6, 6.07) is 4.89. The zero-order valence-corrected chi connectivity index (χ0v) is 7.66. The summed E-state index contributed by atoms with van der Waals surface area (Å²) < 4.78 is 12.6. The molecule has 1 rings (SSSR count). The molecule has 0 spiro atoms. The molecule has 1 aromatic carbocycles. The standard InChI is InChI=1S/C8H7FN6/c9-7-3-1-6(2-4-7)8(13-15-11)5-12-14-10/h1-4,8H,5H2. The van der Waals surface area contributed by atoms with Crippen LogP contribution in [0.25, 0.3) is 20.9 Å². The molecule has 0 aliphatic heterocycles. The molecule has 1 atom stereocenters. The maximum Gasteiger partial charge on any atom is 0.123 e. The van der Waals surface area contributed by atoms with Crippen LogP contribution in [0.1, 0.15) is 11.6 Å². The number of nitrogens with zero attached hydrogens (tertiary/aromatic N) is 6. The highest BCUT2D eigenvalue weighted by Crippen LogP contribution is 2.18. The van der Waals surface area contributed by atoms with Crippen LogP contribution in [0.3, 0.4) is 0 Å². The summed E-state index contributed by atoms with van der Waals surface area (Å²) in [5, 5.41) is 6.77. The van der Waals surface area contributed by atoms with Crippen LogP contribution in [-0.4, -0.2) is 6.54 Å². The molecule has 15 heavy (non-hydrogen) atoms. The Bertz CT molecular complexity index is 415. The lowest BCUT2D eigenvalue weighted by Gasteiger charge is -2.07. The second kappa shape index (κ2) is 5.49. The van der Waals surface area contributed by atoms with E-state index in [1.807, 2.05) is 0 Å². The third-order valence-electron chi connectivity index (χ3n) is 1.76. The van der Waals surface area contributed by atoms with Gasteiger partial charge >= 0.3 is 0 Å². The molecule has 0 radical (unpaired) electrons. The second-order valence-electron chi connectivity index (χ2n) is 2.69. The predicted molar refractivity (Wildman–Crippen MR) is 52.3 cm³/mol. The van der Waals surface area contributed by atoms with Crippen molar-refractivity contribution in [3.63, 3.8) is 0 Å². The summed E-state index contributed by atoms with van der Waals surface area (Å²) in [5.41, 5.74) is 17.1. The molecule has 0 amide bonds. The fraction of sp³-hybridized carbons (Fsp3) is 0.250. The average molecular weight is 206 g/mol. The van der Waals surface area contributed by atoms with Gasteiger partial charge in [0.2, 0.25) is 0 Å². The van der Waals surface area contributed by atoms with Crippen LogP contribution < -0.4 is 0 Å². The fourth-order valence-corrected chi connectivity index (χ4v) is 1.07. The van der Waals surface area contributed by atoms with E-state index in [0.717, 1.165) is 0 Å². The van der Waals surface area contributed by atoms with Gasteiger partial charge in [0.15, 0.2) is 0 Å². The summed E-state index contributed by atoms with van der Waals surface area (Å²) in [4.78, 5) is 5.20.